The molecule has 0 amide bonds. The zero-order chi connectivity index (χ0) is 13.7. The highest BCUT2D eigenvalue weighted by Crippen LogP contribution is 2.25. The molecule has 1 N–H and O–H groups in total. The molecule has 0 saturated heterocycles. The summed E-state index contributed by atoms with van der Waals surface area (Å²) in [6.07, 6.45) is -2.48. The predicted molar refractivity (Wildman–Crippen MR) is 67.4 cm³/mol. The molecule has 0 aliphatic heterocycles. The molecule has 0 aliphatic rings. The molecule has 0 atom stereocenters. The molecule has 1 heterocycles. The Morgan fingerprint density at radius 3 is 2.61 bits per heavy atom. The number of alkyl halides is 2. The van der Waals surface area contributed by atoms with Gasteiger partial charge in [-0.15, -0.1) is 0 Å². The molecular formula is C11H14Cl2F2N2O. The molecule has 0 unspecified atom stereocenters. The minimum atomic E-state index is -2.48. The second kappa shape index (κ2) is 7.19. The van der Waals surface area contributed by atoms with Gasteiger partial charge in [0.2, 0.25) is 0 Å². The number of aliphatic hydroxyl groups is 1. The third-order valence-corrected chi connectivity index (χ3v) is 2.99. The van der Waals surface area contributed by atoms with Crippen molar-refractivity contribution < 1.29 is 13.9 Å². The highest BCUT2D eigenvalue weighted by Gasteiger charge is 2.16. The number of hydrogen-bond acceptors (Lipinski definition) is 3. The molecule has 3 nitrogen and oxygen atoms in total. The van der Waals surface area contributed by atoms with Crippen LogP contribution in [-0.4, -0.2) is 41.1 Å². The minimum Gasteiger partial charge on any atom is -0.395 e. The van der Waals surface area contributed by atoms with Crippen LogP contribution in [0.15, 0.2) is 6.07 Å². The summed E-state index contributed by atoms with van der Waals surface area (Å²) >= 11 is 12.0. The molecule has 102 valence electrons. The van der Waals surface area contributed by atoms with E-state index < -0.39 is 13.0 Å². The maximum absolute atomic E-state index is 12.4. The lowest BCUT2D eigenvalue weighted by atomic mass is 10.2. The highest BCUT2D eigenvalue weighted by molar-refractivity contribution is 6.35. The molecule has 1 rings (SSSR count). The topological polar surface area (TPSA) is 36.4 Å². The first-order chi connectivity index (χ1) is 8.43. The Kier molecular flexibility index (Phi) is 6.21. The molecule has 1 aromatic rings. The summed E-state index contributed by atoms with van der Waals surface area (Å²) in [7, 11) is 0. The van der Waals surface area contributed by atoms with Gasteiger partial charge in [-0.1, -0.05) is 23.2 Å². The van der Waals surface area contributed by atoms with Crippen LogP contribution < -0.4 is 0 Å². The van der Waals surface area contributed by atoms with E-state index in [0.29, 0.717) is 16.3 Å². The fourth-order valence-corrected chi connectivity index (χ4v) is 2.21. The largest absolute Gasteiger partial charge is 0.395 e. The fraction of sp³-hybridized carbons (Fsp3) is 0.545. The Morgan fingerprint density at radius 2 is 2.11 bits per heavy atom. The van der Waals surface area contributed by atoms with E-state index in [-0.39, 0.29) is 24.8 Å². The van der Waals surface area contributed by atoms with E-state index in [1.807, 2.05) is 0 Å². The average Bonchev–Trinajstić information content (AvgIpc) is 2.22. The van der Waals surface area contributed by atoms with Crippen LogP contribution in [0.4, 0.5) is 8.78 Å². The van der Waals surface area contributed by atoms with Crippen LogP contribution in [0.25, 0.3) is 0 Å². The van der Waals surface area contributed by atoms with Gasteiger partial charge in [0.05, 0.1) is 13.2 Å². The van der Waals surface area contributed by atoms with Gasteiger partial charge in [-0.3, -0.25) is 4.90 Å². The van der Waals surface area contributed by atoms with Crippen LogP contribution >= 0.6 is 23.2 Å². The second-order valence-electron chi connectivity index (χ2n) is 3.86. The molecule has 7 heteroatoms. The van der Waals surface area contributed by atoms with Crippen LogP contribution in [0, 0.1) is 6.92 Å². The van der Waals surface area contributed by atoms with Crippen molar-refractivity contribution in [2.75, 3.05) is 19.7 Å². The smallest absolute Gasteiger partial charge is 0.251 e. The molecular weight excluding hydrogens is 285 g/mol. The number of pyridine rings is 1. The van der Waals surface area contributed by atoms with Gasteiger partial charge in [0.25, 0.3) is 6.43 Å². The lowest BCUT2D eigenvalue weighted by Gasteiger charge is -2.21. The van der Waals surface area contributed by atoms with Crippen molar-refractivity contribution in [1.82, 2.24) is 9.88 Å². The monoisotopic (exact) mass is 298 g/mol. The van der Waals surface area contributed by atoms with E-state index in [0.717, 1.165) is 0 Å². The van der Waals surface area contributed by atoms with E-state index in [2.05, 4.69) is 4.98 Å². The van der Waals surface area contributed by atoms with E-state index in [1.165, 1.54) is 4.90 Å². The van der Waals surface area contributed by atoms with Gasteiger partial charge >= 0.3 is 0 Å². The molecule has 0 aromatic carbocycles. The van der Waals surface area contributed by atoms with Gasteiger partial charge in [-0.05, 0) is 13.0 Å². The van der Waals surface area contributed by atoms with Gasteiger partial charge in [-0.25, -0.2) is 13.8 Å². The number of halogens is 4. The summed E-state index contributed by atoms with van der Waals surface area (Å²) in [5, 5.41) is 9.44. The summed E-state index contributed by atoms with van der Waals surface area (Å²) in [5.74, 6) is 0. The number of aromatic nitrogens is 1. The first-order valence-electron chi connectivity index (χ1n) is 5.37. The SMILES string of the molecule is Cc1cc(Cl)c(CN(CCO)CC(F)F)c(Cl)n1. The van der Waals surface area contributed by atoms with E-state index in [1.54, 1.807) is 13.0 Å². The molecule has 0 bridgehead atoms. The predicted octanol–water partition coefficient (Wildman–Crippen LogP) is 2.76. The first-order valence-corrected chi connectivity index (χ1v) is 6.12. The maximum atomic E-state index is 12.4. The van der Waals surface area contributed by atoms with Gasteiger partial charge < -0.3 is 5.11 Å². The van der Waals surface area contributed by atoms with Crippen LogP contribution in [0.2, 0.25) is 10.2 Å². The lowest BCUT2D eigenvalue weighted by molar-refractivity contribution is 0.0746. The van der Waals surface area contributed by atoms with Crippen molar-refractivity contribution in [1.29, 1.82) is 0 Å². The van der Waals surface area contributed by atoms with Crippen molar-refractivity contribution in [3.05, 3.63) is 27.5 Å². The van der Waals surface area contributed by atoms with Crippen molar-refractivity contribution in [2.45, 2.75) is 19.9 Å². The maximum Gasteiger partial charge on any atom is 0.251 e. The van der Waals surface area contributed by atoms with Crippen molar-refractivity contribution in [2.24, 2.45) is 0 Å². The van der Waals surface area contributed by atoms with E-state index >= 15 is 0 Å². The zero-order valence-electron chi connectivity index (χ0n) is 9.84. The van der Waals surface area contributed by atoms with Crippen LogP contribution in [-0.2, 0) is 6.54 Å². The van der Waals surface area contributed by atoms with Crippen LogP contribution in [0.3, 0.4) is 0 Å². The molecule has 0 radical (unpaired) electrons. The van der Waals surface area contributed by atoms with E-state index in [4.69, 9.17) is 28.3 Å². The Hall–Kier alpha value is -0.490. The third kappa shape index (κ3) is 4.65. The Balaban J connectivity index is 2.86. The Bertz CT molecular complexity index is 382. The summed E-state index contributed by atoms with van der Waals surface area (Å²) in [4.78, 5) is 5.41. The number of aliphatic hydroxyl groups excluding tert-OH is 1. The molecule has 1 aromatic heterocycles. The molecule has 0 fully saturated rings. The van der Waals surface area contributed by atoms with Crippen LogP contribution in [0.1, 0.15) is 11.3 Å². The standard InChI is InChI=1S/C11H14Cl2F2N2O/c1-7-4-9(12)8(11(13)16-7)5-17(2-3-18)6-10(14)15/h4,10,18H,2-3,5-6H2,1H3. The molecule has 0 aliphatic carbocycles. The highest BCUT2D eigenvalue weighted by atomic mass is 35.5. The summed E-state index contributed by atoms with van der Waals surface area (Å²) in [6, 6.07) is 1.63. The summed E-state index contributed by atoms with van der Waals surface area (Å²) in [5.41, 5.74) is 1.16. The van der Waals surface area contributed by atoms with E-state index in [9.17, 15) is 8.78 Å². The van der Waals surface area contributed by atoms with Crippen molar-refractivity contribution >= 4 is 23.2 Å². The minimum absolute atomic E-state index is 0.130. The molecule has 0 saturated carbocycles. The number of hydrogen-bond donors (Lipinski definition) is 1. The summed E-state index contributed by atoms with van der Waals surface area (Å²) < 4.78 is 24.7. The average molecular weight is 299 g/mol. The number of rotatable bonds is 6. The third-order valence-electron chi connectivity index (χ3n) is 2.34. The summed E-state index contributed by atoms with van der Waals surface area (Å²) in [6.45, 7) is 1.36. The van der Waals surface area contributed by atoms with Gasteiger partial charge in [-0.2, -0.15) is 0 Å². The Labute approximate surface area is 114 Å². The zero-order valence-corrected chi connectivity index (χ0v) is 11.3. The van der Waals surface area contributed by atoms with Gasteiger partial charge in [0.1, 0.15) is 5.15 Å². The quantitative estimate of drug-likeness (QED) is 0.821. The number of aryl methyl sites for hydroxylation is 1. The fourth-order valence-electron chi connectivity index (χ4n) is 1.56. The van der Waals surface area contributed by atoms with Crippen molar-refractivity contribution in [3.8, 4) is 0 Å². The molecule has 18 heavy (non-hydrogen) atoms. The van der Waals surface area contributed by atoms with Gasteiger partial charge in [0, 0.05) is 29.4 Å². The van der Waals surface area contributed by atoms with Crippen molar-refractivity contribution in [3.63, 3.8) is 0 Å². The lowest BCUT2D eigenvalue weighted by Crippen LogP contribution is -2.31. The normalized spacial score (nSPS) is 11.6. The molecule has 0 spiro atoms. The number of nitrogens with zero attached hydrogens (tertiary/aromatic N) is 2. The van der Waals surface area contributed by atoms with Crippen LogP contribution in [0.5, 0.6) is 0 Å². The van der Waals surface area contributed by atoms with Gasteiger partial charge in [0.15, 0.2) is 0 Å². The Morgan fingerprint density at radius 1 is 1.44 bits per heavy atom. The second-order valence-corrected chi connectivity index (χ2v) is 4.63. The first kappa shape index (κ1) is 15.6.